The van der Waals surface area contributed by atoms with E-state index in [1.165, 1.54) is 0 Å². The number of hydrogen-bond donors (Lipinski definition) is 0. The van der Waals surface area contributed by atoms with Crippen LogP contribution in [0.25, 0.3) is 0 Å². The van der Waals surface area contributed by atoms with Crippen molar-refractivity contribution in [2.45, 2.75) is 53.5 Å². The number of anilines is 2. The number of carbonyl (C=O) groups excluding carboxylic acids is 2. The molecule has 0 aromatic heterocycles. The molecule has 1 aliphatic rings. The van der Waals surface area contributed by atoms with E-state index in [9.17, 15) is 9.59 Å². The molecule has 0 aliphatic carbocycles. The third kappa shape index (κ3) is 8.99. The van der Waals surface area contributed by atoms with Crippen molar-refractivity contribution >= 4 is 23.2 Å². The predicted molar refractivity (Wildman–Crippen MR) is 160 cm³/mol. The van der Waals surface area contributed by atoms with Gasteiger partial charge in [0.25, 0.3) is 0 Å². The molecule has 0 saturated carbocycles. The van der Waals surface area contributed by atoms with Gasteiger partial charge in [-0.15, -0.1) is 0 Å². The molecular weight excluding hydrogens is 488 g/mol. The number of ether oxygens (including phenoxy) is 1. The van der Waals surface area contributed by atoms with Crippen molar-refractivity contribution in [3.8, 4) is 5.75 Å². The zero-order chi connectivity index (χ0) is 28.4. The quantitative estimate of drug-likeness (QED) is 0.436. The minimum Gasteiger partial charge on any atom is -0.495 e. The van der Waals surface area contributed by atoms with Gasteiger partial charge in [0.1, 0.15) is 5.75 Å². The molecular formula is C32H48N4O3. The summed E-state index contributed by atoms with van der Waals surface area (Å²) < 4.78 is 5.52. The van der Waals surface area contributed by atoms with Crippen molar-refractivity contribution in [3.05, 3.63) is 54.1 Å². The molecule has 1 heterocycles. The van der Waals surface area contributed by atoms with E-state index in [2.05, 4.69) is 43.6 Å². The van der Waals surface area contributed by atoms with Crippen molar-refractivity contribution in [2.24, 2.45) is 11.8 Å². The molecule has 0 radical (unpaired) electrons. The van der Waals surface area contributed by atoms with Crippen LogP contribution in [0.1, 0.15) is 52.5 Å². The number of nitrogens with zero attached hydrogens (tertiary/aromatic N) is 4. The molecule has 39 heavy (non-hydrogen) atoms. The lowest BCUT2D eigenvalue weighted by atomic mass is 10.1. The van der Waals surface area contributed by atoms with Crippen LogP contribution < -0.4 is 14.5 Å². The van der Waals surface area contributed by atoms with Gasteiger partial charge in [0, 0.05) is 64.8 Å². The first-order valence-corrected chi connectivity index (χ1v) is 14.4. The molecule has 0 bridgehead atoms. The van der Waals surface area contributed by atoms with Gasteiger partial charge in [-0.3, -0.25) is 9.59 Å². The van der Waals surface area contributed by atoms with Gasteiger partial charge in [0.2, 0.25) is 11.8 Å². The predicted octanol–water partition coefficient (Wildman–Crippen LogP) is 5.29. The van der Waals surface area contributed by atoms with E-state index in [0.29, 0.717) is 50.9 Å². The Labute approximate surface area is 235 Å². The summed E-state index contributed by atoms with van der Waals surface area (Å²) in [4.78, 5) is 35.6. The van der Waals surface area contributed by atoms with E-state index in [-0.39, 0.29) is 11.8 Å². The zero-order valence-electron chi connectivity index (χ0n) is 24.9. The number of carbonyl (C=O) groups is 2. The molecule has 2 aromatic rings. The highest BCUT2D eigenvalue weighted by atomic mass is 16.5. The monoisotopic (exact) mass is 536 g/mol. The average molecular weight is 537 g/mol. The molecule has 1 aliphatic heterocycles. The Morgan fingerprint density at radius 3 is 2.33 bits per heavy atom. The molecule has 7 heteroatoms. The van der Waals surface area contributed by atoms with Crippen LogP contribution in [0.15, 0.2) is 48.5 Å². The molecule has 0 N–H and O–H groups in total. The summed E-state index contributed by atoms with van der Waals surface area (Å²) in [5, 5.41) is 0. The van der Waals surface area contributed by atoms with E-state index >= 15 is 0 Å². The fourth-order valence-corrected chi connectivity index (χ4v) is 5.26. The minimum absolute atomic E-state index is 0.121. The Hall–Kier alpha value is -3.06. The van der Waals surface area contributed by atoms with Crippen LogP contribution in [0.3, 0.4) is 0 Å². The average Bonchev–Trinajstić information content (AvgIpc) is 2.94. The second-order valence-corrected chi connectivity index (χ2v) is 11.5. The summed E-state index contributed by atoms with van der Waals surface area (Å²) in [5.74, 6) is 1.90. The second-order valence-electron chi connectivity index (χ2n) is 11.5. The van der Waals surface area contributed by atoms with Gasteiger partial charge in [-0.25, -0.2) is 0 Å². The number of rotatable bonds is 9. The number of hydrogen-bond acceptors (Lipinski definition) is 5. The largest absolute Gasteiger partial charge is 0.495 e. The van der Waals surface area contributed by atoms with E-state index in [0.717, 1.165) is 48.7 Å². The molecule has 2 aromatic carbocycles. The van der Waals surface area contributed by atoms with Gasteiger partial charge in [0.05, 0.1) is 12.8 Å². The smallest absolute Gasteiger partial charge is 0.227 e. The van der Waals surface area contributed by atoms with Crippen molar-refractivity contribution in [1.82, 2.24) is 9.80 Å². The number of fused-ring (bicyclic) bond motifs is 1. The first kappa shape index (κ1) is 30.5. The maximum Gasteiger partial charge on any atom is 0.227 e. The van der Waals surface area contributed by atoms with Crippen LogP contribution in [0.2, 0.25) is 0 Å². The van der Waals surface area contributed by atoms with Crippen LogP contribution in [0.5, 0.6) is 5.75 Å². The standard InChI is InChI=1S/C32H48N4O3/c1-25(2)22-32(38)36-18-11-17-34(23-26(3)4)20-21-35(24-27-12-7-8-13-28(27)36)31(37)16-19-33(5)29-14-9-10-15-30(29)39-6/h7-10,12-15,25-26H,11,16-24H2,1-6H3. The highest BCUT2D eigenvalue weighted by molar-refractivity contribution is 5.94. The van der Waals surface area contributed by atoms with E-state index in [1.807, 2.05) is 59.3 Å². The summed E-state index contributed by atoms with van der Waals surface area (Å²) in [6.45, 7) is 13.8. The third-order valence-electron chi connectivity index (χ3n) is 7.20. The zero-order valence-corrected chi connectivity index (χ0v) is 24.9. The van der Waals surface area contributed by atoms with Gasteiger partial charge in [-0.1, -0.05) is 58.0 Å². The molecule has 0 saturated heterocycles. The number of para-hydroxylation sites is 3. The van der Waals surface area contributed by atoms with Crippen LogP contribution in [-0.2, 0) is 16.1 Å². The minimum atomic E-state index is 0.121. The van der Waals surface area contributed by atoms with Gasteiger partial charge < -0.3 is 24.3 Å². The Kier molecular flexibility index (Phi) is 11.7. The van der Waals surface area contributed by atoms with Crippen molar-refractivity contribution < 1.29 is 14.3 Å². The van der Waals surface area contributed by atoms with Gasteiger partial charge in [0.15, 0.2) is 0 Å². The van der Waals surface area contributed by atoms with Crippen molar-refractivity contribution in [1.29, 1.82) is 0 Å². The Morgan fingerprint density at radius 2 is 1.62 bits per heavy atom. The number of benzene rings is 2. The summed E-state index contributed by atoms with van der Waals surface area (Å²) in [6, 6.07) is 16.0. The topological polar surface area (TPSA) is 56.3 Å². The normalized spacial score (nSPS) is 15.2. The van der Waals surface area contributed by atoms with Crippen molar-refractivity contribution in [2.75, 3.05) is 63.2 Å². The second kappa shape index (κ2) is 14.9. The Morgan fingerprint density at radius 1 is 0.897 bits per heavy atom. The summed E-state index contributed by atoms with van der Waals surface area (Å²) in [6.07, 6.45) is 1.82. The summed E-state index contributed by atoms with van der Waals surface area (Å²) >= 11 is 0. The highest BCUT2D eigenvalue weighted by Crippen LogP contribution is 2.28. The molecule has 0 fully saturated rings. The molecule has 2 amide bonds. The number of amides is 2. The fraction of sp³-hybridized carbons (Fsp3) is 0.562. The van der Waals surface area contributed by atoms with Gasteiger partial charge in [-0.2, -0.15) is 0 Å². The van der Waals surface area contributed by atoms with Crippen LogP contribution in [-0.4, -0.2) is 75.0 Å². The molecule has 214 valence electrons. The Bertz CT molecular complexity index is 1070. The molecule has 7 nitrogen and oxygen atoms in total. The van der Waals surface area contributed by atoms with Crippen LogP contribution in [0, 0.1) is 11.8 Å². The molecule has 0 spiro atoms. The van der Waals surface area contributed by atoms with Crippen LogP contribution >= 0.6 is 0 Å². The summed E-state index contributed by atoms with van der Waals surface area (Å²) in [5.41, 5.74) is 2.93. The van der Waals surface area contributed by atoms with E-state index < -0.39 is 0 Å². The summed E-state index contributed by atoms with van der Waals surface area (Å²) in [7, 11) is 3.66. The first-order valence-electron chi connectivity index (χ1n) is 14.4. The van der Waals surface area contributed by atoms with Crippen LogP contribution in [0.4, 0.5) is 11.4 Å². The molecule has 0 unspecified atom stereocenters. The molecule has 0 atom stereocenters. The molecule has 3 rings (SSSR count). The maximum absolute atomic E-state index is 13.7. The lowest BCUT2D eigenvalue weighted by molar-refractivity contribution is -0.131. The van der Waals surface area contributed by atoms with Gasteiger partial charge >= 0.3 is 0 Å². The lowest BCUT2D eigenvalue weighted by Gasteiger charge is -2.30. The first-order chi connectivity index (χ1) is 18.7. The number of methoxy groups -OCH3 is 1. The third-order valence-corrected chi connectivity index (χ3v) is 7.20. The van der Waals surface area contributed by atoms with E-state index in [4.69, 9.17) is 4.74 Å². The SMILES string of the molecule is COc1ccccc1N(C)CCC(=O)N1CCN(CC(C)C)CCCN(C(=O)CC(C)C)c2ccccc2C1. The lowest BCUT2D eigenvalue weighted by Crippen LogP contribution is -2.40. The highest BCUT2D eigenvalue weighted by Gasteiger charge is 2.24. The fourth-order valence-electron chi connectivity index (χ4n) is 5.26. The van der Waals surface area contributed by atoms with E-state index in [1.54, 1.807) is 7.11 Å². The van der Waals surface area contributed by atoms with Crippen molar-refractivity contribution in [3.63, 3.8) is 0 Å². The Balaban J connectivity index is 1.85. The maximum atomic E-state index is 13.7. The van der Waals surface area contributed by atoms with Gasteiger partial charge in [-0.05, 0) is 48.6 Å².